The highest BCUT2D eigenvalue weighted by atomic mass is 16.5. The van der Waals surface area contributed by atoms with Gasteiger partial charge in [0, 0.05) is 13.2 Å². The molecule has 0 aliphatic carbocycles. The monoisotopic (exact) mass is 272 g/mol. The summed E-state index contributed by atoms with van der Waals surface area (Å²) in [5, 5.41) is 0. The fourth-order valence-electron chi connectivity index (χ4n) is 2.03. The average molecular weight is 272 g/mol. The zero-order chi connectivity index (χ0) is 14.3. The first kappa shape index (κ1) is 18.9. The molecule has 0 amide bonds. The van der Waals surface area contributed by atoms with Crippen molar-refractivity contribution in [2.75, 3.05) is 26.4 Å². The van der Waals surface area contributed by atoms with Gasteiger partial charge in [0.05, 0.1) is 13.2 Å². The molecule has 0 atom stereocenters. The summed E-state index contributed by atoms with van der Waals surface area (Å²) in [6.45, 7) is 12.4. The fourth-order valence-corrected chi connectivity index (χ4v) is 2.03. The Kier molecular flexibility index (Phi) is 14.3. The van der Waals surface area contributed by atoms with Crippen molar-refractivity contribution in [3.8, 4) is 0 Å². The van der Waals surface area contributed by atoms with Crippen molar-refractivity contribution in [3.05, 3.63) is 0 Å². The molecule has 0 aromatic carbocycles. The van der Waals surface area contributed by atoms with Gasteiger partial charge >= 0.3 is 0 Å². The number of hydrogen-bond acceptors (Lipinski definition) is 2. The van der Waals surface area contributed by atoms with Crippen LogP contribution in [0.4, 0.5) is 0 Å². The fraction of sp³-hybridized carbons (Fsp3) is 1.00. The van der Waals surface area contributed by atoms with Crippen molar-refractivity contribution in [1.82, 2.24) is 0 Å². The maximum atomic E-state index is 5.56. The first-order valence-electron chi connectivity index (χ1n) is 8.28. The molecule has 0 aromatic heterocycles. The van der Waals surface area contributed by atoms with Crippen molar-refractivity contribution in [1.29, 1.82) is 0 Å². The minimum atomic E-state index is 0.755. The van der Waals surface area contributed by atoms with Crippen LogP contribution in [0.2, 0.25) is 0 Å². The SMILES string of the molecule is CC(C)CCCCCCOCCOCCCC(C)C. The summed E-state index contributed by atoms with van der Waals surface area (Å²) in [5.41, 5.74) is 0. The smallest absolute Gasteiger partial charge is 0.0700 e. The topological polar surface area (TPSA) is 18.5 Å². The zero-order valence-electron chi connectivity index (χ0n) is 13.7. The Morgan fingerprint density at radius 1 is 0.526 bits per heavy atom. The van der Waals surface area contributed by atoms with E-state index in [-0.39, 0.29) is 0 Å². The molecular weight excluding hydrogens is 236 g/mol. The van der Waals surface area contributed by atoms with E-state index in [1.807, 2.05) is 0 Å². The van der Waals surface area contributed by atoms with Gasteiger partial charge in [-0.25, -0.2) is 0 Å². The second kappa shape index (κ2) is 14.3. The van der Waals surface area contributed by atoms with E-state index in [0.29, 0.717) is 0 Å². The van der Waals surface area contributed by atoms with Crippen LogP contribution in [0.5, 0.6) is 0 Å². The second-order valence-electron chi connectivity index (χ2n) is 6.36. The normalized spacial score (nSPS) is 11.7. The molecule has 2 nitrogen and oxygen atoms in total. The number of unbranched alkanes of at least 4 members (excludes halogenated alkanes) is 3. The Morgan fingerprint density at radius 2 is 1.00 bits per heavy atom. The third-order valence-corrected chi connectivity index (χ3v) is 3.26. The molecule has 0 aliphatic rings. The van der Waals surface area contributed by atoms with Gasteiger partial charge in [-0.05, 0) is 31.1 Å². The quantitative estimate of drug-likeness (QED) is 0.411. The number of rotatable bonds is 14. The summed E-state index contributed by atoms with van der Waals surface area (Å²) in [4.78, 5) is 0. The van der Waals surface area contributed by atoms with Gasteiger partial charge in [0.25, 0.3) is 0 Å². The van der Waals surface area contributed by atoms with E-state index < -0.39 is 0 Å². The lowest BCUT2D eigenvalue weighted by atomic mass is 10.0. The summed E-state index contributed by atoms with van der Waals surface area (Å²) >= 11 is 0. The standard InChI is InChI=1S/C17H36O2/c1-16(2)10-7-5-6-8-12-18-14-15-19-13-9-11-17(3)4/h16-17H,5-15H2,1-4H3. The van der Waals surface area contributed by atoms with Crippen LogP contribution in [0.15, 0.2) is 0 Å². The van der Waals surface area contributed by atoms with Crippen LogP contribution in [0.3, 0.4) is 0 Å². The van der Waals surface area contributed by atoms with Gasteiger partial charge in [0.1, 0.15) is 0 Å². The summed E-state index contributed by atoms with van der Waals surface area (Å²) in [6, 6.07) is 0. The molecule has 0 radical (unpaired) electrons. The largest absolute Gasteiger partial charge is 0.379 e. The first-order chi connectivity index (χ1) is 9.13. The molecule has 0 saturated heterocycles. The average Bonchev–Trinajstić information content (AvgIpc) is 2.34. The third kappa shape index (κ3) is 17.9. The molecule has 0 unspecified atom stereocenters. The molecule has 0 rings (SSSR count). The lowest BCUT2D eigenvalue weighted by Gasteiger charge is -2.07. The van der Waals surface area contributed by atoms with Crippen LogP contribution >= 0.6 is 0 Å². The lowest BCUT2D eigenvalue weighted by Crippen LogP contribution is -2.06. The Labute approximate surface area is 121 Å². The van der Waals surface area contributed by atoms with Crippen molar-refractivity contribution in [3.63, 3.8) is 0 Å². The van der Waals surface area contributed by atoms with Gasteiger partial charge in [0.2, 0.25) is 0 Å². The molecule has 19 heavy (non-hydrogen) atoms. The summed E-state index contributed by atoms with van der Waals surface area (Å²) in [6.07, 6.45) is 9.03. The van der Waals surface area contributed by atoms with Crippen LogP contribution in [0.1, 0.15) is 72.6 Å². The Balaban J connectivity index is 2.95. The minimum absolute atomic E-state index is 0.755. The molecule has 2 heteroatoms. The summed E-state index contributed by atoms with van der Waals surface area (Å²) < 4.78 is 11.1. The number of ether oxygens (including phenoxy) is 2. The molecule has 0 aromatic rings. The highest BCUT2D eigenvalue weighted by Crippen LogP contribution is 2.09. The van der Waals surface area contributed by atoms with Crippen LogP contribution in [-0.2, 0) is 9.47 Å². The van der Waals surface area contributed by atoms with Gasteiger partial charge in [0.15, 0.2) is 0 Å². The van der Waals surface area contributed by atoms with Crippen LogP contribution < -0.4 is 0 Å². The van der Waals surface area contributed by atoms with Gasteiger partial charge in [-0.2, -0.15) is 0 Å². The maximum absolute atomic E-state index is 5.56. The van der Waals surface area contributed by atoms with E-state index in [1.54, 1.807) is 0 Å². The highest BCUT2D eigenvalue weighted by Gasteiger charge is 1.96. The highest BCUT2D eigenvalue weighted by molar-refractivity contribution is 4.48. The molecule has 0 N–H and O–H groups in total. The molecule has 0 aliphatic heterocycles. The minimum Gasteiger partial charge on any atom is -0.379 e. The van der Waals surface area contributed by atoms with E-state index in [9.17, 15) is 0 Å². The Hall–Kier alpha value is -0.0800. The van der Waals surface area contributed by atoms with Gasteiger partial charge < -0.3 is 9.47 Å². The van der Waals surface area contributed by atoms with Gasteiger partial charge in [-0.3, -0.25) is 0 Å². The van der Waals surface area contributed by atoms with Gasteiger partial charge in [-0.1, -0.05) is 53.4 Å². The van der Waals surface area contributed by atoms with Gasteiger partial charge in [-0.15, -0.1) is 0 Å². The van der Waals surface area contributed by atoms with Crippen molar-refractivity contribution < 1.29 is 9.47 Å². The zero-order valence-corrected chi connectivity index (χ0v) is 13.7. The van der Waals surface area contributed by atoms with Crippen LogP contribution in [0.25, 0.3) is 0 Å². The van der Waals surface area contributed by atoms with E-state index >= 15 is 0 Å². The van der Waals surface area contributed by atoms with Crippen LogP contribution in [0, 0.1) is 11.8 Å². The van der Waals surface area contributed by atoms with E-state index in [4.69, 9.17) is 9.47 Å². The maximum Gasteiger partial charge on any atom is 0.0700 e. The third-order valence-electron chi connectivity index (χ3n) is 3.26. The van der Waals surface area contributed by atoms with Crippen molar-refractivity contribution in [2.45, 2.75) is 72.6 Å². The molecule has 0 spiro atoms. The van der Waals surface area contributed by atoms with Crippen molar-refractivity contribution in [2.24, 2.45) is 11.8 Å². The summed E-state index contributed by atoms with van der Waals surface area (Å²) in [5.74, 6) is 1.64. The van der Waals surface area contributed by atoms with E-state index in [0.717, 1.165) is 38.3 Å². The summed E-state index contributed by atoms with van der Waals surface area (Å²) in [7, 11) is 0. The predicted molar refractivity (Wildman–Crippen MR) is 83.6 cm³/mol. The molecule has 0 heterocycles. The molecular formula is C17H36O2. The van der Waals surface area contributed by atoms with Crippen molar-refractivity contribution >= 4 is 0 Å². The number of hydrogen-bond donors (Lipinski definition) is 0. The molecule has 0 fully saturated rings. The first-order valence-corrected chi connectivity index (χ1v) is 8.28. The molecule has 0 bridgehead atoms. The van der Waals surface area contributed by atoms with E-state index in [2.05, 4.69) is 27.7 Å². The molecule has 0 saturated carbocycles. The molecule has 116 valence electrons. The van der Waals surface area contributed by atoms with Crippen LogP contribution in [-0.4, -0.2) is 26.4 Å². The predicted octanol–water partition coefficient (Wildman–Crippen LogP) is 5.06. The second-order valence-corrected chi connectivity index (χ2v) is 6.36. The lowest BCUT2D eigenvalue weighted by molar-refractivity contribution is 0.0442. The Bertz CT molecular complexity index is 149. The van der Waals surface area contributed by atoms with E-state index in [1.165, 1.54) is 44.9 Å². The Morgan fingerprint density at radius 3 is 1.58 bits per heavy atom.